The first-order chi connectivity index (χ1) is 12.0. The quantitative estimate of drug-likeness (QED) is 0.852. The van der Waals surface area contributed by atoms with Crippen LogP contribution in [0.1, 0.15) is 6.92 Å². The number of anilines is 1. The molecule has 2 heterocycles. The first-order valence-corrected chi connectivity index (χ1v) is 8.11. The summed E-state index contributed by atoms with van der Waals surface area (Å²) in [7, 11) is 0. The van der Waals surface area contributed by atoms with Crippen molar-refractivity contribution in [3.63, 3.8) is 0 Å². The summed E-state index contributed by atoms with van der Waals surface area (Å²) in [4.78, 5) is 20.6. The number of pyridine rings is 1. The lowest BCUT2D eigenvalue weighted by atomic mass is 10.2. The van der Waals surface area contributed by atoms with Gasteiger partial charge in [-0.2, -0.15) is 0 Å². The highest BCUT2D eigenvalue weighted by atomic mass is 19.1. The zero-order valence-corrected chi connectivity index (χ0v) is 13.9. The topological polar surface area (TPSA) is 45.7 Å². The van der Waals surface area contributed by atoms with Gasteiger partial charge in [0.1, 0.15) is 11.6 Å². The van der Waals surface area contributed by atoms with Crippen LogP contribution in [0.25, 0.3) is 0 Å². The third-order valence-corrected chi connectivity index (χ3v) is 4.11. The third kappa shape index (κ3) is 4.04. The first kappa shape index (κ1) is 17.1. The number of carbonyl (C=O) groups excluding carboxylic acids is 1. The summed E-state index contributed by atoms with van der Waals surface area (Å²) in [5.74, 6) is -0.972. The molecule has 0 spiro atoms. The number of rotatable bonds is 4. The summed E-state index contributed by atoms with van der Waals surface area (Å²) in [6, 6.07) is 8.73. The highest BCUT2D eigenvalue weighted by Gasteiger charge is 2.27. The molecule has 1 aromatic carbocycles. The van der Waals surface area contributed by atoms with Crippen LogP contribution in [0.15, 0.2) is 42.6 Å². The Morgan fingerprint density at radius 3 is 2.56 bits per heavy atom. The molecule has 1 aromatic heterocycles. The molecule has 25 heavy (non-hydrogen) atoms. The average molecular weight is 347 g/mol. The zero-order valence-electron chi connectivity index (χ0n) is 13.9. The van der Waals surface area contributed by atoms with E-state index in [1.807, 2.05) is 18.2 Å². The Morgan fingerprint density at radius 1 is 1.16 bits per heavy atom. The van der Waals surface area contributed by atoms with Gasteiger partial charge >= 0.3 is 0 Å². The molecule has 1 amide bonds. The largest absolute Gasteiger partial charge is 0.478 e. The molecule has 1 atom stereocenters. The minimum absolute atomic E-state index is 0.130. The van der Waals surface area contributed by atoms with Gasteiger partial charge in [0.2, 0.25) is 0 Å². The molecule has 0 aliphatic carbocycles. The Bertz CT molecular complexity index is 734. The van der Waals surface area contributed by atoms with Crippen molar-refractivity contribution in [1.82, 2.24) is 9.88 Å². The SMILES string of the molecule is CC(Oc1ccc(F)cc1F)C(=O)N1CCN(c2ccccn2)CC1. The smallest absolute Gasteiger partial charge is 0.263 e. The Balaban J connectivity index is 1.56. The summed E-state index contributed by atoms with van der Waals surface area (Å²) >= 11 is 0. The molecule has 5 nitrogen and oxygen atoms in total. The van der Waals surface area contributed by atoms with Crippen LogP contribution in [0.2, 0.25) is 0 Å². The summed E-state index contributed by atoms with van der Waals surface area (Å²) in [5, 5.41) is 0. The standard InChI is InChI=1S/C18H19F2N3O2/c1-13(25-16-6-5-14(19)12-15(16)20)18(24)23-10-8-22(9-11-23)17-4-2-3-7-21-17/h2-7,12-13H,8-11H2,1H3. The minimum atomic E-state index is -0.846. The molecular weight excluding hydrogens is 328 g/mol. The maximum atomic E-state index is 13.7. The van der Waals surface area contributed by atoms with E-state index in [0.717, 1.165) is 18.0 Å². The van der Waals surface area contributed by atoms with E-state index in [2.05, 4.69) is 9.88 Å². The number of carbonyl (C=O) groups is 1. The predicted octanol–water partition coefficient (Wildman–Crippen LogP) is 2.48. The van der Waals surface area contributed by atoms with Gasteiger partial charge in [-0.1, -0.05) is 6.07 Å². The molecule has 1 saturated heterocycles. The molecule has 1 fully saturated rings. The molecule has 0 saturated carbocycles. The zero-order chi connectivity index (χ0) is 17.8. The van der Waals surface area contributed by atoms with Crippen LogP contribution in [0.4, 0.5) is 14.6 Å². The number of hydrogen-bond acceptors (Lipinski definition) is 4. The molecule has 3 rings (SSSR count). The van der Waals surface area contributed by atoms with E-state index in [1.165, 1.54) is 6.07 Å². The Hall–Kier alpha value is -2.70. The van der Waals surface area contributed by atoms with Crippen molar-refractivity contribution in [1.29, 1.82) is 0 Å². The summed E-state index contributed by atoms with van der Waals surface area (Å²) in [5.41, 5.74) is 0. The van der Waals surface area contributed by atoms with Crippen LogP contribution < -0.4 is 9.64 Å². The van der Waals surface area contributed by atoms with Crippen molar-refractivity contribution in [2.24, 2.45) is 0 Å². The number of amides is 1. The number of benzene rings is 1. The van der Waals surface area contributed by atoms with Crippen molar-refractivity contribution >= 4 is 11.7 Å². The van der Waals surface area contributed by atoms with Crippen molar-refractivity contribution in [3.05, 3.63) is 54.2 Å². The number of aromatic nitrogens is 1. The maximum absolute atomic E-state index is 13.7. The third-order valence-electron chi connectivity index (χ3n) is 4.11. The molecular formula is C18H19F2N3O2. The van der Waals surface area contributed by atoms with Gasteiger partial charge in [-0.3, -0.25) is 4.79 Å². The number of ether oxygens (including phenoxy) is 1. The van der Waals surface area contributed by atoms with Gasteiger partial charge < -0.3 is 14.5 Å². The molecule has 2 aromatic rings. The van der Waals surface area contributed by atoms with Gasteiger partial charge in [0.05, 0.1) is 0 Å². The van der Waals surface area contributed by atoms with Crippen LogP contribution in [-0.4, -0.2) is 48.1 Å². The van der Waals surface area contributed by atoms with E-state index in [-0.39, 0.29) is 11.7 Å². The molecule has 1 aliphatic heterocycles. The van der Waals surface area contributed by atoms with E-state index in [1.54, 1.807) is 18.0 Å². The van der Waals surface area contributed by atoms with Gasteiger partial charge in [-0.05, 0) is 31.2 Å². The number of piperazine rings is 1. The van der Waals surface area contributed by atoms with Crippen LogP contribution in [-0.2, 0) is 4.79 Å². The minimum Gasteiger partial charge on any atom is -0.478 e. The Kier molecular flexibility index (Phi) is 5.11. The van der Waals surface area contributed by atoms with Gasteiger partial charge in [0.15, 0.2) is 17.7 Å². The van der Waals surface area contributed by atoms with E-state index in [4.69, 9.17) is 4.74 Å². The highest BCUT2D eigenvalue weighted by molar-refractivity contribution is 5.81. The van der Waals surface area contributed by atoms with Crippen LogP contribution in [0.5, 0.6) is 5.75 Å². The fourth-order valence-corrected chi connectivity index (χ4v) is 2.77. The average Bonchev–Trinajstić information content (AvgIpc) is 2.64. The number of halogens is 2. The Morgan fingerprint density at radius 2 is 1.92 bits per heavy atom. The fourth-order valence-electron chi connectivity index (χ4n) is 2.77. The molecule has 0 bridgehead atoms. The summed E-state index contributed by atoms with van der Waals surface area (Å²) < 4.78 is 32.0. The summed E-state index contributed by atoms with van der Waals surface area (Å²) in [6.45, 7) is 3.97. The molecule has 132 valence electrons. The molecule has 1 aliphatic rings. The van der Waals surface area contributed by atoms with Crippen molar-refractivity contribution in [2.75, 3.05) is 31.1 Å². The van der Waals surface area contributed by atoms with Crippen LogP contribution in [0.3, 0.4) is 0 Å². The van der Waals surface area contributed by atoms with Crippen molar-refractivity contribution in [3.8, 4) is 5.75 Å². The van der Waals surface area contributed by atoms with Gasteiger partial charge in [0, 0.05) is 38.4 Å². The highest BCUT2D eigenvalue weighted by Crippen LogP contribution is 2.20. The Labute approximate surface area is 144 Å². The van der Waals surface area contributed by atoms with E-state index < -0.39 is 17.7 Å². The molecule has 0 radical (unpaired) electrons. The first-order valence-electron chi connectivity index (χ1n) is 8.11. The second-order valence-electron chi connectivity index (χ2n) is 5.84. The molecule has 0 N–H and O–H groups in total. The van der Waals surface area contributed by atoms with E-state index in [9.17, 15) is 13.6 Å². The fraction of sp³-hybridized carbons (Fsp3) is 0.333. The number of nitrogens with zero attached hydrogens (tertiary/aromatic N) is 3. The normalized spacial score (nSPS) is 15.8. The lowest BCUT2D eigenvalue weighted by Gasteiger charge is -2.36. The number of hydrogen-bond donors (Lipinski definition) is 0. The predicted molar refractivity (Wildman–Crippen MR) is 89.5 cm³/mol. The molecule has 7 heteroatoms. The second-order valence-corrected chi connectivity index (χ2v) is 5.84. The maximum Gasteiger partial charge on any atom is 0.263 e. The van der Waals surface area contributed by atoms with Crippen molar-refractivity contribution in [2.45, 2.75) is 13.0 Å². The van der Waals surface area contributed by atoms with Crippen LogP contribution >= 0.6 is 0 Å². The van der Waals surface area contributed by atoms with Crippen LogP contribution in [0, 0.1) is 11.6 Å². The van der Waals surface area contributed by atoms with E-state index >= 15 is 0 Å². The van der Waals surface area contributed by atoms with Gasteiger partial charge in [-0.15, -0.1) is 0 Å². The van der Waals surface area contributed by atoms with Gasteiger partial charge in [0.25, 0.3) is 5.91 Å². The van der Waals surface area contributed by atoms with Crippen molar-refractivity contribution < 1.29 is 18.3 Å². The molecule has 1 unspecified atom stereocenters. The van der Waals surface area contributed by atoms with Gasteiger partial charge in [-0.25, -0.2) is 13.8 Å². The lowest BCUT2D eigenvalue weighted by molar-refractivity contribution is -0.138. The van der Waals surface area contributed by atoms with E-state index in [0.29, 0.717) is 26.2 Å². The second kappa shape index (κ2) is 7.46. The monoisotopic (exact) mass is 347 g/mol. The summed E-state index contributed by atoms with van der Waals surface area (Å²) in [6.07, 6.45) is 0.890. The lowest BCUT2D eigenvalue weighted by Crippen LogP contribution is -2.52.